The van der Waals surface area contributed by atoms with Gasteiger partial charge in [0.25, 0.3) is 0 Å². The highest BCUT2D eigenvalue weighted by molar-refractivity contribution is 8.00. The highest BCUT2D eigenvalue weighted by Gasteiger charge is 2.19. The number of ether oxygens (including phenoxy) is 1. The first-order chi connectivity index (χ1) is 12.2. The molecular formula is C17H21N3O4S2. The summed E-state index contributed by atoms with van der Waals surface area (Å²) in [5.41, 5.74) is 0.670. The summed E-state index contributed by atoms with van der Waals surface area (Å²) in [4.78, 5) is 16.5. The van der Waals surface area contributed by atoms with Crippen LogP contribution in [0.15, 0.2) is 52.5 Å². The van der Waals surface area contributed by atoms with Crippen LogP contribution in [0.2, 0.25) is 0 Å². The number of pyridine rings is 1. The molecule has 0 aliphatic heterocycles. The van der Waals surface area contributed by atoms with Crippen LogP contribution < -0.4 is 10.1 Å². The third kappa shape index (κ3) is 4.96. The number of nitrogens with one attached hydrogen (secondary N) is 1. The minimum absolute atomic E-state index is 0.113. The van der Waals surface area contributed by atoms with Gasteiger partial charge in [-0.2, -0.15) is 0 Å². The van der Waals surface area contributed by atoms with E-state index in [-0.39, 0.29) is 10.8 Å². The van der Waals surface area contributed by atoms with E-state index in [9.17, 15) is 13.2 Å². The number of amides is 1. The molecule has 26 heavy (non-hydrogen) atoms. The normalized spacial score (nSPS) is 12.7. The monoisotopic (exact) mass is 395 g/mol. The fraction of sp³-hybridized carbons (Fsp3) is 0.294. The molecule has 1 aromatic carbocycles. The van der Waals surface area contributed by atoms with E-state index in [0.717, 1.165) is 4.31 Å². The van der Waals surface area contributed by atoms with Crippen molar-refractivity contribution in [1.29, 1.82) is 0 Å². The number of aromatic nitrogens is 1. The number of methoxy groups -OCH3 is 1. The summed E-state index contributed by atoms with van der Waals surface area (Å²) in [7, 11) is 0.989. The molecule has 2 aromatic rings. The second kappa shape index (κ2) is 8.52. The first-order valence-corrected chi connectivity index (χ1v) is 10.1. The van der Waals surface area contributed by atoms with Gasteiger partial charge in [-0.3, -0.25) is 4.79 Å². The maximum Gasteiger partial charge on any atom is 0.244 e. The van der Waals surface area contributed by atoms with Gasteiger partial charge in [0, 0.05) is 26.0 Å². The number of carbonyl (C=O) groups excluding carboxylic acids is 1. The molecule has 1 heterocycles. The van der Waals surface area contributed by atoms with E-state index in [1.165, 1.54) is 38.1 Å². The van der Waals surface area contributed by atoms with Crippen molar-refractivity contribution < 1.29 is 17.9 Å². The van der Waals surface area contributed by atoms with Crippen molar-refractivity contribution in [3.05, 3.63) is 42.6 Å². The van der Waals surface area contributed by atoms with E-state index in [2.05, 4.69) is 10.3 Å². The Balaban J connectivity index is 2.00. The van der Waals surface area contributed by atoms with Crippen molar-refractivity contribution in [2.75, 3.05) is 26.5 Å². The van der Waals surface area contributed by atoms with Crippen molar-refractivity contribution in [2.24, 2.45) is 0 Å². The third-order valence-corrected chi connectivity index (χ3v) is 6.36. The number of benzene rings is 1. The van der Waals surface area contributed by atoms with Gasteiger partial charge in [-0.1, -0.05) is 11.8 Å². The molecule has 2 rings (SSSR count). The van der Waals surface area contributed by atoms with Crippen LogP contribution in [0.5, 0.6) is 5.75 Å². The number of hydrogen-bond donors (Lipinski definition) is 1. The Bertz CT molecular complexity index is 851. The van der Waals surface area contributed by atoms with Gasteiger partial charge in [0.1, 0.15) is 10.6 Å². The summed E-state index contributed by atoms with van der Waals surface area (Å²) < 4.78 is 30.3. The average Bonchev–Trinajstić information content (AvgIpc) is 2.62. The summed E-state index contributed by atoms with van der Waals surface area (Å²) in [6.45, 7) is 1.76. The van der Waals surface area contributed by atoms with Crippen molar-refractivity contribution in [1.82, 2.24) is 9.29 Å². The van der Waals surface area contributed by atoms with Crippen LogP contribution in [0.4, 0.5) is 5.69 Å². The maximum absolute atomic E-state index is 12.3. The second-order valence-electron chi connectivity index (χ2n) is 5.60. The van der Waals surface area contributed by atoms with Gasteiger partial charge in [-0.05, 0) is 43.3 Å². The van der Waals surface area contributed by atoms with Crippen LogP contribution in [0.1, 0.15) is 6.92 Å². The van der Waals surface area contributed by atoms with Gasteiger partial charge < -0.3 is 10.1 Å². The number of sulfonamides is 1. The Labute approximate surface area is 157 Å². The van der Waals surface area contributed by atoms with Gasteiger partial charge >= 0.3 is 0 Å². The number of anilines is 1. The number of thioether (sulfide) groups is 1. The van der Waals surface area contributed by atoms with Gasteiger partial charge in [-0.15, -0.1) is 0 Å². The van der Waals surface area contributed by atoms with E-state index >= 15 is 0 Å². The Kier molecular flexibility index (Phi) is 6.63. The summed E-state index contributed by atoms with van der Waals surface area (Å²) >= 11 is 1.25. The topological polar surface area (TPSA) is 88.6 Å². The fourth-order valence-corrected chi connectivity index (χ4v) is 3.59. The Morgan fingerprint density at radius 1 is 1.19 bits per heavy atom. The quantitative estimate of drug-likeness (QED) is 0.725. The molecule has 1 N–H and O–H groups in total. The van der Waals surface area contributed by atoms with Gasteiger partial charge in [0.15, 0.2) is 0 Å². The molecule has 0 saturated heterocycles. The van der Waals surface area contributed by atoms with Gasteiger partial charge in [0.05, 0.1) is 17.4 Å². The predicted octanol–water partition coefficient (Wildman–Crippen LogP) is 2.46. The summed E-state index contributed by atoms with van der Waals surface area (Å²) in [5, 5.41) is 2.99. The van der Waals surface area contributed by atoms with Crippen molar-refractivity contribution in [2.45, 2.75) is 22.1 Å². The smallest absolute Gasteiger partial charge is 0.244 e. The Morgan fingerprint density at radius 2 is 1.85 bits per heavy atom. The lowest BCUT2D eigenvalue weighted by atomic mass is 10.3. The minimum Gasteiger partial charge on any atom is -0.497 e. The zero-order chi connectivity index (χ0) is 19.3. The fourth-order valence-electron chi connectivity index (χ4n) is 1.95. The SMILES string of the molecule is COc1ccc(NC(=O)C(C)Sc2ccc(S(=O)(=O)N(C)C)cn2)cc1. The van der Waals surface area contributed by atoms with E-state index in [1.54, 1.807) is 44.4 Å². The lowest BCUT2D eigenvalue weighted by Crippen LogP contribution is -2.23. The lowest BCUT2D eigenvalue weighted by Gasteiger charge is -2.13. The zero-order valence-electron chi connectivity index (χ0n) is 15.0. The molecule has 7 nitrogen and oxygen atoms in total. The number of hydrogen-bond acceptors (Lipinski definition) is 6. The van der Waals surface area contributed by atoms with E-state index < -0.39 is 15.3 Å². The van der Waals surface area contributed by atoms with Crippen molar-refractivity contribution in [3.63, 3.8) is 0 Å². The van der Waals surface area contributed by atoms with Crippen LogP contribution in [0.3, 0.4) is 0 Å². The van der Waals surface area contributed by atoms with Crippen LogP contribution in [-0.2, 0) is 14.8 Å². The highest BCUT2D eigenvalue weighted by Crippen LogP contribution is 2.24. The molecule has 9 heteroatoms. The standard InChI is InChI=1S/C17H21N3O4S2/c1-12(17(21)19-13-5-7-14(24-4)8-6-13)25-16-10-9-15(11-18-16)26(22,23)20(2)3/h5-12H,1-4H3,(H,19,21). The molecule has 1 amide bonds. The zero-order valence-corrected chi connectivity index (χ0v) is 16.6. The first-order valence-electron chi connectivity index (χ1n) is 7.74. The van der Waals surface area contributed by atoms with Crippen LogP contribution in [-0.4, -0.2) is 50.1 Å². The highest BCUT2D eigenvalue weighted by atomic mass is 32.2. The number of carbonyl (C=O) groups is 1. The predicted molar refractivity (Wildman–Crippen MR) is 102 cm³/mol. The molecular weight excluding hydrogens is 374 g/mol. The molecule has 0 fully saturated rings. The molecule has 0 radical (unpaired) electrons. The molecule has 0 saturated carbocycles. The largest absolute Gasteiger partial charge is 0.497 e. The molecule has 1 aromatic heterocycles. The third-order valence-electron chi connectivity index (χ3n) is 3.51. The minimum atomic E-state index is -3.51. The van der Waals surface area contributed by atoms with E-state index in [1.807, 2.05) is 0 Å². The molecule has 0 aliphatic carbocycles. The summed E-state index contributed by atoms with van der Waals surface area (Å²) in [6.07, 6.45) is 1.30. The van der Waals surface area contributed by atoms with Gasteiger partial charge in [-0.25, -0.2) is 17.7 Å². The van der Waals surface area contributed by atoms with E-state index in [4.69, 9.17) is 4.74 Å². The summed E-state index contributed by atoms with van der Waals surface area (Å²) in [6, 6.07) is 10.1. The molecule has 1 unspecified atom stereocenters. The average molecular weight is 396 g/mol. The Morgan fingerprint density at radius 3 is 2.35 bits per heavy atom. The molecule has 0 bridgehead atoms. The van der Waals surface area contributed by atoms with Gasteiger partial charge in [0.2, 0.25) is 15.9 Å². The molecule has 140 valence electrons. The molecule has 1 atom stereocenters. The van der Waals surface area contributed by atoms with Crippen LogP contribution in [0, 0.1) is 0 Å². The Hall–Kier alpha value is -2.10. The van der Waals surface area contributed by atoms with Crippen LogP contribution in [0.25, 0.3) is 0 Å². The molecule has 0 aliphatic rings. The molecule has 0 spiro atoms. The van der Waals surface area contributed by atoms with Crippen LogP contribution >= 0.6 is 11.8 Å². The van der Waals surface area contributed by atoms with Crippen molar-refractivity contribution in [3.8, 4) is 5.75 Å². The number of rotatable bonds is 7. The lowest BCUT2D eigenvalue weighted by molar-refractivity contribution is -0.115. The maximum atomic E-state index is 12.3. The second-order valence-corrected chi connectivity index (χ2v) is 9.11. The van der Waals surface area contributed by atoms with E-state index in [0.29, 0.717) is 16.5 Å². The first kappa shape index (κ1) is 20.2. The van der Waals surface area contributed by atoms with Crippen molar-refractivity contribution >= 4 is 33.4 Å². The summed E-state index contributed by atoms with van der Waals surface area (Å²) in [5.74, 6) is 0.536. The number of nitrogens with zero attached hydrogens (tertiary/aromatic N) is 2.